The summed E-state index contributed by atoms with van der Waals surface area (Å²) in [5, 5.41) is 18.5. The fourth-order valence-corrected chi connectivity index (χ4v) is 1.96. The smallest absolute Gasteiger partial charge is 0.262 e. The lowest BCUT2D eigenvalue weighted by Crippen LogP contribution is -2.36. The summed E-state index contributed by atoms with van der Waals surface area (Å²) in [5.74, 6) is 0. The Balaban J connectivity index is 0.00000200. The third kappa shape index (κ3) is 4.94. The van der Waals surface area contributed by atoms with Crippen LogP contribution in [0.3, 0.4) is 0 Å². The molecule has 0 aliphatic heterocycles. The minimum Gasteiger partial charge on any atom is -0.395 e. The lowest BCUT2D eigenvalue weighted by Gasteiger charge is -2.21. The number of aromatic nitrogens is 2. The Morgan fingerprint density at radius 1 is 1.10 bits per heavy atom. The van der Waals surface area contributed by atoms with Crippen LogP contribution in [0.15, 0.2) is 35.4 Å². The molecule has 0 amide bonds. The standard InChI is InChI=1S/C13H17N3O3.2ClH/c17-7-5-15(6-8-18)10-16-9-14-12-4-2-1-3-11(12)13(16)19;;/h1-4,9,17-18H,5-8,10H2;2*1H. The zero-order chi connectivity index (χ0) is 13.7. The van der Waals surface area contributed by atoms with Gasteiger partial charge in [0.05, 0.1) is 37.1 Å². The number of nitrogens with zero attached hydrogens (tertiary/aromatic N) is 3. The van der Waals surface area contributed by atoms with Crippen LogP contribution >= 0.6 is 24.8 Å². The molecule has 8 heteroatoms. The molecule has 0 atom stereocenters. The zero-order valence-corrected chi connectivity index (χ0v) is 13.0. The average molecular weight is 336 g/mol. The minimum absolute atomic E-state index is 0. The molecule has 2 rings (SSSR count). The number of aliphatic hydroxyl groups is 2. The van der Waals surface area contributed by atoms with Gasteiger partial charge in [0.1, 0.15) is 0 Å². The van der Waals surface area contributed by atoms with E-state index in [2.05, 4.69) is 4.98 Å². The Morgan fingerprint density at radius 3 is 2.33 bits per heavy atom. The lowest BCUT2D eigenvalue weighted by atomic mass is 10.2. The normalized spacial score (nSPS) is 10.2. The van der Waals surface area contributed by atoms with E-state index in [0.29, 0.717) is 30.7 Å². The first kappa shape index (κ1) is 19.8. The lowest BCUT2D eigenvalue weighted by molar-refractivity contribution is 0.132. The van der Waals surface area contributed by atoms with E-state index in [1.165, 1.54) is 10.9 Å². The maximum atomic E-state index is 12.2. The number of hydrogen-bond acceptors (Lipinski definition) is 5. The van der Waals surface area contributed by atoms with Gasteiger partial charge in [-0.1, -0.05) is 12.1 Å². The fourth-order valence-electron chi connectivity index (χ4n) is 1.96. The predicted molar refractivity (Wildman–Crippen MR) is 86.2 cm³/mol. The van der Waals surface area contributed by atoms with E-state index in [-0.39, 0.29) is 43.6 Å². The van der Waals surface area contributed by atoms with Crippen LogP contribution < -0.4 is 5.56 Å². The summed E-state index contributed by atoms with van der Waals surface area (Å²) in [6.07, 6.45) is 1.49. The third-order valence-corrected chi connectivity index (χ3v) is 2.92. The quantitative estimate of drug-likeness (QED) is 0.803. The van der Waals surface area contributed by atoms with Crippen molar-refractivity contribution in [2.45, 2.75) is 6.67 Å². The summed E-state index contributed by atoms with van der Waals surface area (Å²) >= 11 is 0. The van der Waals surface area contributed by atoms with Crippen LogP contribution in [0, 0.1) is 0 Å². The molecule has 2 aromatic rings. The molecule has 0 fully saturated rings. The minimum atomic E-state index is -0.119. The van der Waals surface area contributed by atoms with Gasteiger partial charge in [0, 0.05) is 13.1 Å². The second-order valence-corrected chi connectivity index (χ2v) is 4.24. The molecule has 6 nitrogen and oxygen atoms in total. The van der Waals surface area contributed by atoms with Gasteiger partial charge in [-0.25, -0.2) is 4.98 Å². The first-order chi connectivity index (χ1) is 9.26. The van der Waals surface area contributed by atoms with Gasteiger partial charge in [-0.05, 0) is 12.1 Å². The van der Waals surface area contributed by atoms with Gasteiger partial charge in [0.2, 0.25) is 0 Å². The fraction of sp³-hybridized carbons (Fsp3) is 0.385. The van der Waals surface area contributed by atoms with E-state index in [9.17, 15) is 4.79 Å². The van der Waals surface area contributed by atoms with E-state index < -0.39 is 0 Å². The highest BCUT2D eigenvalue weighted by Gasteiger charge is 2.08. The number of aliphatic hydroxyl groups excluding tert-OH is 2. The van der Waals surface area contributed by atoms with Gasteiger partial charge < -0.3 is 10.2 Å². The molecule has 1 aromatic heterocycles. The maximum Gasteiger partial charge on any atom is 0.262 e. The Bertz CT molecular complexity index is 600. The van der Waals surface area contributed by atoms with Gasteiger partial charge >= 0.3 is 0 Å². The summed E-state index contributed by atoms with van der Waals surface area (Å²) in [4.78, 5) is 18.3. The van der Waals surface area contributed by atoms with Crippen LogP contribution in [0.4, 0.5) is 0 Å². The van der Waals surface area contributed by atoms with E-state index in [1.807, 2.05) is 6.07 Å². The molecule has 0 saturated heterocycles. The number of benzene rings is 1. The third-order valence-electron chi connectivity index (χ3n) is 2.92. The van der Waals surface area contributed by atoms with Crippen molar-refractivity contribution >= 4 is 35.7 Å². The van der Waals surface area contributed by atoms with E-state index >= 15 is 0 Å². The molecule has 0 saturated carbocycles. The van der Waals surface area contributed by atoms with Crippen molar-refractivity contribution in [2.75, 3.05) is 26.3 Å². The first-order valence-electron chi connectivity index (χ1n) is 6.14. The van der Waals surface area contributed by atoms with Gasteiger partial charge in [0.15, 0.2) is 0 Å². The molecule has 21 heavy (non-hydrogen) atoms. The van der Waals surface area contributed by atoms with Gasteiger partial charge in [0.25, 0.3) is 5.56 Å². The molecular formula is C13H19Cl2N3O3. The topological polar surface area (TPSA) is 78.6 Å². The van der Waals surface area contributed by atoms with E-state index in [4.69, 9.17) is 10.2 Å². The second-order valence-electron chi connectivity index (χ2n) is 4.24. The molecule has 2 N–H and O–H groups in total. The molecule has 0 spiro atoms. The van der Waals surface area contributed by atoms with Gasteiger partial charge in [-0.3, -0.25) is 14.3 Å². The predicted octanol–water partition coefficient (Wildman–Crippen LogP) is 0.484. The largest absolute Gasteiger partial charge is 0.395 e. The van der Waals surface area contributed by atoms with Crippen LogP contribution in [0.2, 0.25) is 0 Å². The molecule has 0 unspecified atom stereocenters. The van der Waals surface area contributed by atoms with Crippen molar-refractivity contribution in [1.29, 1.82) is 0 Å². The Labute approximate surface area is 134 Å². The molecule has 0 aliphatic rings. The van der Waals surface area contributed by atoms with E-state index in [1.54, 1.807) is 23.1 Å². The SMILES string of the molecule is Cl.Cl.O=c1c2ccccc2ncn1CN(CCO)CCO. The van der Waals surface area contributed by atoms with Crippen molar-refractivity contribution in [1.82, 2.24) is 14.5 Å². The Kier molecular flexibility index (Phi) is 9.16. The van der Waals surface area contributed by atoms with Crippen molar-refractivity contribution in [3.8, 4) is 0 Å². The molecule has 118 valence electrons. The molecule has 0 radical (unpaired) electrons. The van der Waals surface area contributed by atoms with Crippen molar-refractivity contribution < 1.29 is 10.2 Å². The monoisotopic (exact) mass is 335 g/mol. The van der Waals surface area contributed by atoms with Crippen molar-refractivity contribution in [2.24, 2.45) is 0 Å². The maximum absolute atomic E-state index is 12.2. The summed E-state index contributed by atoms with van der Waals surface area (Å²) in [6.45, 7) is 1.07. The molecular weight excluding hydrogens is 317 g/mol. The highest BCUT2D eigenvalue weighted by atomic mass is 35.5. The molecule has 1 aromatic carbocycles. The highest BCUT2D eigenvalue weighted by Crippen LogP contribution is 2.04. The number of hydrogen-bond donors (Lipinski definition) is 2. The van der Waals surface area contributed by atoms with Crippen molar-refractivity contribution in [3.63, 3.8) is 0 Å². The second kappa shape index (κ2) is 9.70. The molecule has 0 aliphatic carbocycles. The Hall–Kier alpha value is -1.18. The summed E-state index contributed by atoms with van der Waals surface area (Å²) in [6, 6.07) is 7.17. The van der Waals surface area contributed by atoms with Crippen LogP contribution in [0.1, 0.15) is 0 Å². The van der Waals surface area contributed by atoms with Crippen LogP contribution in [-0.2, 0) is 6.67 Å². The molecule has 0 bridgehead atoms. The average Bonchev–Trinajstić information content (AvgIpc) is 2.43. The first-order valence-corrected chi connectivity index (χ1v) is 6.14. The Morgan fingerprint density at radius 2 is 1.71 bits per heavy atom. The number of rotatable bonds is 6. The van der Waals surface area contributed by atoms with Crippen LogP contribution in [-0.4, -0.2) is 51.0 Å². The van der Waals surface area contributed by atoms with Gasteiger partial charge in [-0.15, -0.1) is 24.8 Å². The summed E-state index contributed by atoms with van der Waals surface area (Å²) in [5.41, 5.74) is 0.547. The highest BCUT2D eigenvalue weighted by molar-refractivity contribution is 5.85. The van der Waals surface area contributed by atoms with Crippen molar-refractivity contribution in [3.05, 3.63) is 40.9 Å². The van der Waals surface area contributed by atoms with E-state index in [0.717, 1.165) is 0 Å². The molecule has 1 heterocycles. The number of para-hydroxylation sites is 1. The summed E-state index contributed by atoms with van der Waals surface area (Å²) in [7, 11) is 0. The number of fused-ring (bicyclic) bond motifs is 1. The van der Waals surface area contributed by atoms with Crippen LogP contribution in [0.25, 0.3) is 10.9 Å². The van der Waals surface area contributed by atoms with Crippen LogP contribution in [0.5, 0.6) is 0 Å². The van der Waals surface area contributed by atoms with Gasteiger partial charge in [-0.2, -0.15) is 0 Å². The number of halogens is 2. The zero-order valence-electron chi connectivity index (χ0n) is 11.4. The summed E-state index contributed by atoms with van der Waals surface area (Å²) < 4.78 is 1.48.